The van der Waals surface area contributed by atoms with Gasteiger partial charge in [-0.1, -0.05) is 19.3 Å². The number of hydrogen-bond acceptors (Lipinski definition) is 4. The van der Waals surface area contributed by atoms with Crippen molar-refractivity contribution in [1.82, 2.24) is 15.5 Å². The molecule has 0 radical (unpaired) electrons. The van der Waals surface area contributed by atoms with Crippen molar-refractivity contribution in [2.75, 3.05) is 64.5 Å². The standard InChI is InChI=1S/C20H40N4OS.HI/c1-3-21-19(22-11-7-8-16-26-2)23-17-20(9-5-4-6-10-20)18-24-12-14-25-15-13-24;/h3-18H2,1-2H3,(H2,21,22,23);1H. The normalized spacial score (nSPS) is 20.7. The van der Waals surface area contributed by atoms with Crippen LogP contribution in [0.15, 0.2) is 4.99 Å². The zero-order valence-electron chi connectivity index (χ0n) is 17.4. The highest BCUT2D eigenvalue weighted by molar-refractivity contribution is 14.0. The molecule has 2 fully saturated rings. The molecule has 1 saturated heterocycles. The van der Waals surface area contributed by atoms with Crippen LogP contribution in [-0.2, 0) is 4.74 Å². The molecule has 0 atom stereocenters. The van der Waals surface area contributed by atoms with E-state index in [-0.39, 0.29) is 24.0 Å². The molecule has 0 unspecified atom stereocenters. The van der Waals surface area contributed by atoms with E-state index in [4.69, 9.17) is 9.73 Å². The summed E-state index contributed by atoms with van der Waals surface area (Å²) < 4.78 is 5.53. The summed E-state index contributed by atoms with van der Waals surface area (Å²) in [5, 5.41) is 6.97. The van der Waals surface area contributed by atoms with E-state index in [1.54, 1.807) is 0 Å². The van der Waals surface area contributed by atoms with Gasteiger partial charge in [0.15, 0.2) is 5.96 Å². The van der Waals surface area contributed by atoms with Crippen LogP contribution in [0.4, 0.5) is 0 Å². The van der Waals surface area contributed by atoms with Gasteiger partial charge in [-0.3, -0.25) is 9.89 Å². The second kappa shape index (κ2) is 15.2. The Morgan fingerprint density at radius 3 is 2.52 bits per heavy atom. The minimum absolute atomic E-state index is 0. The van der Waals surface area contributed by atoms with Crippen molar-refractivity contribution >= 4 is 41.7 Å². The van der Waals surface area contributed by atoms with Crippen LogP contribution in [0.2, 0.25) is 0 Å². The fraction of sp³-hybridized carbons (Fsp3) is 0.950. The van der Waals surface area contributed by atoms with E-state index < -0.39 is 0 Å². The van der Waals surface area contributed by atoms with Crippen molar-refractivity contribution in [3.05, 3.63) is 0 Å². The zero-order chi connectivity index (χ0) is 18.5. The van der Waals surface area contributed by atoms with Gasteiger partial charge in [0.2, 0.25) is 0 Å². The predicted octanol–water partition coefficient (Wildman–Crippen LogP) is 3.59. The van der Waals surface area contributed by atoms with Gasteiger partial charge in [-0.05, 0) is 44.6 Å². The average Bonchev–Trinajstić information content (AvgIpc) is 2.67. The smallest absolute Gasteiger partial charge is 0.191 e. The number of nitrogens with zero attached hydrogens (tertiary/aromatic N) is 2. The van der Waals surface area contributed by atoms with E-state index in [9.17, 15) is 0 Å². The van der Waals surface area contributed by atoms with E-state index >= 15 is 0 Å². The van der Waals surface area contributed by atoms with E-state index in [0.29, 0.717) is 5.41 Å². The van der Waals surface area contributed by atoms with Crippen LogP contribution in [-0.4, -0.2) is 75.4 Å². The number of rotatable bonds is 10. The molecule has 0 aromatic heterocycles. The second-order valence-corrected chi connectivity index (χ2v) is 8.76. The summed E-state index contributed by atoms with van der Waals surface area (Å²) in [5.41, 5.74) is 0.358. The van der Waals surface area contributed by atoms with Crippen LogP contribution in [0.3, 0.4) is 0 Å². The number of ether oxygens (including phenoxy) is 1. The van der Waals surface area contributed by atoms with Crippen molar-refractivity contribution < 1.29 is 4.74 Å². The topological polar surface area (TPSA) is 48.9 Å². The highest BCUT2D eigenvalue weighted by Gasteiger charge is 2.34. The van der Waals surface area contributed by atoms with Gasteiger partial charge >= 0.3 is 0 Å². The molecule has 2 rings (SSSR count). The van der Waals surface area contributed by atoms with Crippen molar-refractivity contribution in [3.63, 3.8) is 0 Å². The van der Waals surface area contributed by atoms with Gasteiger partial charge < -0.3 is 15.4 Å². The van der Waals surface area contributed by atoms with Crippen molar-refractivity contribution in [3.8, 4) is 0 Å². The van der Waals surface area contributed by atoms with E-state index in [1.807, 2.05) is 11.8 Å². The Labute approximate surface area is 188 Å². The number of guanidine groups is 1. The molecule has 0 aromatic carbocycles. The molecule has 5 nitrogen and oxygen atoms in total. The number of morpholine rings is 1. The Morgan fingerprint density at radius 2 is 1.85 bits per heavy atom. The third-order valence-corrected chi connectivity index (χ3v) is 6.26. The maximum Gasteiger partial charge on any atom is 0.191 e. The maximum atomic E-state index is 5.53. The van der Waals surface area contributed by atoms with E-state index in [2.05, 4.69) is 28.7 Å². The predicted molar refractivity (Wildman–Crippen MR) is 130 cm³/mol. The first-order valence-electron chi connectivity index (χ1n) is 10.6. The van der Waals surface area contributed by atoms with Gasteiger partial charge in [0.05, 0.1) is 13.2 Å². The molecule has 0 bridgehead atoms. The molecule has 2 aliphatic rings. The van der Waals surface area contributed by atoms with Crippen LogP contribution in [0.25, 0.3) is 0 Å². The third kappa shape index (κ3) is 10.0. The molecule has 1 aliphatic heterocycles. The lowest BCUT2D eigenvalue weighted by Crippen LogP contribution is -2.46. The van der Waals surface area contributed by atoms with Crippen LogP contribution in [0.1, 0.15) is 51.9 Å². The first-order valence-corrected chi connectivity index (χ1v) is 12.0. The van der Waals surface area contributed by atoms with Gasteiger partial charge in [-0.15, -0.1) is 24.0 Å². The molecule has 0 spiro atoms. The number of hydrogen-bond donors (Lipinski definition) is 2. The Kier molecular flexibility index (Phi) is 14.2. The summed E-state index contributed by atoms with van der Waals surface area (Å²) in [4.78, 5) is 7.63. The molecular formula is C20H41IN4OS. The Morgan fingerprint density at radius 1 is 1.11 bits per heavy atom. The number of halogens is 1. The van der Waals surface area contributed by atoms with Gasteiger partial charge in [0.25, 0.3) is 0 Å². The second-order valence-electron chi connectivity index (χ2n) is 7.77. The Bertz CT molecular complexity index is 399. The minimum Gasteiger partial charge on any atom is -0.379 e. The molecule has 1 heterocycles. The monoisotopic (exact) mass is 512 g/mol. The largest absolute Gasteiger partial charge is 0.379 e. The molecule has 0 amide bonds. The van der Waals surface area contributed by atoms with Crippen molar-refractivity contribution in [1.29, 1.82) is 0 Å². The minimum atomic E-state index is 0. The molecular weight excluding hydrogens is 471 g/mol. The molecule has 7 heteroatoms. The summed E-state index contributed by atoms with van der Waals surface area (Å²) >= 11 is 1.93. The molecule has 0 aromatic rings. The lowest BCUT2D eigenvalue weighted by Gasteiger charge is -2.41. The van der Waals surface area contributed by atoms with Gasteiger partial charge in [-0.2, -0.15) is 11.8 Å². The van der Waals surface area contributed by atoms with Crippen LogP contribution in [0.5, 0.6) is 0 Å². The molecule has 27 heavy (non-hydrogen) atoms. The summed E-state index contributed by atoms with van der Waals surface area (Å²) in [6.45, 7) is 10.2. The molecule has 1 saturated carbocycles. The number of thioether (sulfide) groups is 1. The zero-order valence-corrected chi connectivity index (χ0v) is 20.6. The third-order valence-electron chi connectivity index (χ3n) is 5.56. The van der Waals surface area contributed by atoms with Crippen LogP contribution >= 0.6 is 35.7 Å². The van der Waals surface area contributed by atoms with Gasteiger partial charge in [0.1, 0.15) is 0 Å². The van der Waals surface area contributed by atoms with Gasteiger partial charge in [-0.25, -0.2) is 0 Å². The van der Waals surface area contributed by atoms with Gasteiger partial charge in [0, 0.05) is 44.7 Å². The summed E-state index contributed by atoms with van der Waals surface area (Å²) in [5.74, 6) is 2.25. The maximum absolute atomic E-state index is 5.53. The fourth-order valence-corrected chi connectivity index (χ4v) is 4.56. The summed E-state index contributed by atoms with van der Waals surface area (Å²) in [6.07, 6.45) is 11.4. The number of nitrogens with one attached hydrogen (secondary N) is 2. The summed E-state index contributed by atoms with van der Waals surface area (Å²) in [6, 6.07) is 0. The highest BCUT2D eigenvalue weighted by atomic mass is 127. The SMILES string of the molecule is CCNC(=NCC1(CN2CCOCC2)CCCCC1)NCCCCSC.I. The Hall–Kier alpha value is 0.270. The number of aliphatic imine (C=N–C) groups is 1. The molecule has 2 N–H and O–H groups in total. The summed E-state index contributed by atoms with van der Waals surface area (Å²) in [7, 11) is 0. The Balaban J connectivity index is 0.00000364. The van der Waals surface area contributed by atoms with Crippen molar-refractivity contribution in [2.24, 2.45) is 10.4 Å². The average molecular weight is 513 g/mol. The van der Waals surface area contributed by atoms with Crippen LogP contribution < -0.4 is 10.6 Å². The van der Waals surface area contributed by atoms with Crippen molar-refractivity contribution in [2.45, 2.75) is 51.9 Å². The first kappa shape index (κ1) is 25.3. The van der Waals surface area contributed by atoms with E-state index in [0.717, 1.165) is 51.9 Å². The quantitative estimate of drug-likeness (QED) is 0.203. The van der Waals surface area contributed by atoms with Crippen LogP contribution in [0, 0.1) is 5.41 Å². The first-order chi connectivity index (χ1) is 12.8. The van der Waals surface area contributed by atoms with E-state index in [1.165, 1.54) is 57.2 Å². The highest BCUT2D eigenvalue weighted by Crippen LogP contribution is 2.37. The number of unbranched alkanes of at least 4 members (excludes halogenated alkanes) is 1. The lowest BCUT2D eigenvalue weighted by molar-refractivity contribution is 0.00937. The molecule has 160 valence electrons. The lowest BCUT2D eigenvalue weighted by atomic mass is 9.73. The fourth-order valence-electron chi connectivity index (χ4n) is 4.07. The molecule has 1 aliphatic carbocycles.